The number of nitrogens with one attached hydrogen (secondary N) is 1. The first kappa shape index (κ1) is 22.3. The Balaban J connectivity index is 1.42. The van der Waals surface area contributed by atoms with Crippen LogP contribution in [-0.4, -0.2) is 34.0 Å². The molecule has 166 valence electrons. The van der Waals surface area contributed by atoms with E-state index in [2.05, 4.69) is 5.32 Å². The van der Waals surface area contributed by atoms with Gasteiger partial charge in [-0.05, 0) is 55.5 Å². The Morgan fingerprint density at radius 3 is 2.21 bits per heavy atom. The predicted octanol–water partition coefficient (Wildman–Crippen LogP) is 4.37. The number of nitrogens with zero attached hydrogens (tertiary/aromatic N) is 1. The second-order valence-corrected chi connectivity index (χ2v) is 8.82. The van der Waals surface area contributed by atoms with E-state index < -0.39 is 17.1 Å². The van der Waals surface area contributed by atoms with Gasteiger partial charge in [0.2, 0.25) is 11.8 Å². The first-order valence-electron chi connectivity index (χ1n) is 10.2. The molecule has 0 aromatic heterocycles. The van der Waals surface area contributed by atoms with Gasteiger partial charge in [-0.3, -0.25) is 14.4 Å². The number of benzene rings is 3. The molecule has 7 nitrogen and oxygen atoms in total. The summed E-state index contributed by atoms with van der Waals surface area (Å²) in [6, 6.07) is 20.0. The monoisotopic (exact) mass is 460 g/mol. The molecule has 2 N–H and O–H groups in total. The normalized spacial score (nSPS) is 15.5. The van der Waals surface area contributed by atoms with Crippen LogP contribution < -0.4 is 10.2 Å². The van der Waals surface area contributed by atoms with Crippen molar-refractivity contribution in [2.24, 2.45) is 0 Å². The number of thioether (sulfide) groups is 1. The van der Waals surface area contributed by atoms with Crippen molar-refractivity contribution >= 4 is 46.8 Å². The standard InChI is InChI=1S/C25H20N2O5S/c1-15-6-10-17(11-7-15)27-22(28)14-21(24(27)30)33-18-12-8-16(9-13-18)26-23(29)19-4-2-3-5-20(19)25(31)32/h2-13,21H,14H2,1H3,(H,26,29)(H,31,32)/t21-/m1/s1. The molecule has 0 aliphatic carbocycles. The molecule has 1 aliphatic rings. The SMILES string of the molecule is Cc1ccc(N2C(=O)C[C@@H](Sc3ccc(NC(=O)c4ccccc4C(=O)O)cc3)C2=O)cc1. The highest BCUT2D eigenvalue weighted by Gasteiger charge is 2.40. The van der Waals surface area contributed by atoms with Crippen molar-refractivity contribution in [3.05, 3.63) is 89.5 Å². The van der Waals surface area contributed by atoms with Gasteiger partial charge in [0.05, 0.1) is 22.1 Å². The fourth-order valence-electron chi connectivity index (χ4n) is 3.51. The zero-order valence-electron chi connectivity index (χ0n) is 17.6. The fourth-order valence-corrected chi connectivity index (χ4v) is 4.56. The minimum Gasteiger partial charge on any atom is -0.478 e. The first-order valence-corrected chi connectivity index (χ1v) is 11.1. The number of carboxylic acid groups (broad SMARTS) is 1. The number of carbonyl (C=O) groups is 4. The highest BCUT2D eigenvalue weighted by atomic mass is 32.2. The van der Waals surface area contributed by atoms with Crippen LogP contribution in [0, 0.1) is 6.92 Å². The lowest BCUT2D eigenvalue weighted by molar-refractivity contribution is -0.121. The van der Waals surface area contributed by atoms with E-state index in [1.165, 1.54) is 28.8 Å². The number of anilines is 2. The van der Waals surface area contributed by atoms with Gasteiger partial charge in [-0.1, -0.05) is 29.8 Å². The summed E-state index contributed by atoms with van der Waals surface area (Å²) in [6.07, 6.45) is 0.113. The topological polar surface area (TPSA) is 104 Å². The van der Waals surface area contributed by atoms with Gasteiger partial charge in [0.25, 0.3) is 5.91 Å². The third-order valence-corrected chi connectivity index (χ3v) is 6.39. The number of carbonyl (C=O) groups excluding carboxylic acids is 3. The van der Waals surface area contributed by atoms with Gasteiger partial charge in [-0.2, -0.15) is 0 Å². The summed E-state index contributed by atoms with van der Waals surface area (Å²) in [5, 5.41) is 11.4. The lowest BCUT2D eigenvalue weighted by Crippen LogP contribution is -2.31. The number of hydrogen-bond acceptors (Lipinski definition) is 5. The third kappa shape index (κ3) is 4.80. The zero-order chi connectivity index (χ0) is 23.5. The van der Waals surface area contributed by atoms with Crippen LogP contribution in [0.5, 0.6) is 0 Å². The van der Waals surface area contributed by atoms with Gasteiger partial charge in [0.1, 0.15) is 0 Å². The van der Waals surface area contributed by atoms with Crippen LogP contribution >= 0.6 is 11.8 Å². The minimum absolute atomic E-state index is 0.0645. The van der Waals surface area contributed by atoms with E-state index >= 15 is 0 Å². The van der Waals surface area contributed by atoms with E-state index in [1.54, 1.807) is 48.5 Å². The Hall–Kier alpha value is -3.91. The van der Waals surface area contributed by atoms with Crippen molar-refractivity contribution in [1.82, 2.24) is 0 Å². The van der Waals surface area contributed by atoms with Crippen LogP contribution in [0.1, 0.15) is 32.7 Å². The molecular formula is C25H20N2O5S. The molecule has 0 bridgehead atoms. The van der Waals surface area contributed by atoms with Crippen LogP contribution in [0.25, 0.3) is 0 Å². The average molecular weight is 461 g/mol. The number of rotatable bonds is 6. The molecule has 1 aliphatic heterocycles. The molecule has 4 rings (SSSR count). The van der Waals surface area contributed by atoms with Gasteiger partial charge < -0.3 is 10.4 Å². The van der Waals surface area contributed by atoms with Gasteiger partial charge in [-0.15, -0.1) is 11.8 Å². The molecule has 0 saturated carbocycles. The van der Waals surface area contributed by atoms with E-state index in [0.29, 0.717) is 11.4 Å². The molecule has 0 radical (unpaired) electrons. The molecule has 3 aromatic rings. The number of carboxylic acids is 1. The second kappa shape index (κ2) is 9.30. The van der Waals surface area contributed by atoms with Crippen LogP contribution in [-0.2, 0) is 9.59 Å². The predicted molar refractivity (Wildman–Crippen MR) is 126 cm³/mol. The van der Waals surface area contributed by atoms with Crippen molar-refractivity contribution in [3.63, 3.8) is 0 Å². The van der Waals surface area contributed by atoms with E-state index in [9.17, 15) is 24.3 Å². The highest BCUT2D eigenvalue weighted by Crippen LogP contribution is 2.34. The van der Waals surface area contributed by atoms with E-state index in [0.717, 1.165) is 10.5 Å². The number of aromatic carboxylic acids is 1. The molecule has 1 saturated heterocycles. The Morgan fingerprint density at radius 2 is 1.58 bits per heavy atom. The number of imide groups is 1. The highest BCUT2D eigenvalue weighted by molar-refractivity contribution is 8.00. The number of amides is 3. The Kier molecular flexibility index (Phi) is 6.28. The maximum absolute atomic E-state index is 12.8. The van der Waals surface area contributed by atoms with Crippen molar-refractivity contribution in [2.45, 2.75) is 23.5 Å². The summed E-state index contributed by atoms with van der Waals surface area (Å²) in [5.74, 6) is -2.19. The summed E-state index contributed by atoms with van der Waals surface area (Å²) < 4.78 is 0. The van der Waals surface area contributed by atoms with Crippen molar-refractivity contribution in [2.75, 3.05) is 10.2 Å². The van der Waals surface area contributed by atoms with E-state index in [1.807, 2.05) is 19.1 Å². The van der Waals surface area contributed by atoms with Crippen LogP contribution in [0.2, 0.25) is 0 Å². The molecule has 33 heavy (non-hydrogen) atoms. The Morgan fingerprint density at radius 1 is 0.939 bits per heavy atom. The van der Waals surface area contributed by atoms with Crippen LogP contribution in [0.15, 0.2) is 77.7 Å². The Bertz CT molecular complexity index is 1240. The summed E-state index contributed by atoms with van der Waals surface area (Å²) in [7, 11) is 0. The van der Waals surface area contributed by atoms with Gasteiger partial charge in [-0.25, -0.2) is 9.69 Å². The summed E-state index contributed by atoms with van der Waals surface area (Å²) in [6.45, 7) is 1.94. The van der Waals surface area contributed by atoms with Crippen molar-refractivity contribution < 1.29 is 24.3 Å². The van der Waals surface area contributed by atoms with E-state index in [4.69, 9.17) is 0 Å². The second-order valence-electron chi connectivity index (χ2n) is 7.54. The fraction of sp³-hybridized carbons (Fsp3) is 0.120. The zero-order valence-corrected chi connectivity index (χ0v) is 18.5. The average Bonchev–Trinajstić information content (AvgIpc) is 3.08. The van der Waals surface area contributed by atoms with Crippen molar-refractivity contribution in [1.29, 1.82) is 0 Å². The lowest BCUT2D eigenvalue weighted by atomic mass is 10.1. The molecule has 3 amide bonds. The van der Waals surface area contributed by atoms with Gasteiger partial charge in [0, 0.05) is 17.0 Å². The maximum atomic E-state index is 12.8. The molecule has 1 atom stereocenters. The molecule has 0 unspecified atom stereocenters. The molecule has 0 spiro atoms. The largest absolute Gasteiger partial charge is 0.478 e. The molecular weight excluding hydrogens is 440 g/mol. The number of hydrogen-bond donors (Lipinski definition) is 2. The Labute approximate surface area is 194 Å². The summed E-state index contributed by atoms with van der Waals surface area (Å²) in [4.78, 5) is 51.1. The molecule has 1 heterocycles. The van der Waals surface area contributed by atoms with Gasteiger partial charge >= 0.3 is 5.97 Å². The molecule has 3 aromatic carbocycles. The minimum atomic E-state index is -1.18. The third-order valence-electron chi connectivity index (χ3n) is 5.19. The summed E-state index contributed by atoms with van der Waals surface area (Å²) in [5.41, 5.74) is 2.08. The maximum Gasteiger partial charge on any atom is 0.336 e. The van der Waals surface area contributed by atoms with E-state index in [-0.39, 0.29) is 29.4 Å². The molecule has 8 heteroatoms. The lowest BCUT2D eigenvalue weighted by Gasteiger charge is -2.15. The van der Waals surface area contributed by atoms with Crippen LogP contribution in [0.3, 0.4) is 0 Å². The first-order chi connectivity index (χ1) is 15.8. The van der Waals surface area contributed by atoms with Gasteiger partial charge in [0.15, 0.2) is 0 Å². The quantitative estimate of drug-likeness (QED) is 0.530. The molecule has 1 fully saturated rings. The van der Waals surface area contributed by atoms with Crippen LogP contribution in [0.4, 0.5) is 11.4 Å². The smallest absolute Gasteiger partial charge is 0.336 e. The number of aryl methyl sites for hydroxylation is 1. The van der Waals surface area contributed by atoms with Crippen molar-refractivity contribution in [3.8, 4) is 0 Å². The summed E-state index contributed by atoms with van der Waals surface area (Å²) >= 11 is 1.29.